The number of rotatable bonds is 6. The number of thiazole rings is 1. The van der Waals surface area contributed by atoms with E-state index in [-0.39, 0.29) is 5.91 Å². The summed E-state index contributed by atoms with van der Waals surface area (Å²) in [6.07, 6.45) is 5.65. The van der Waals surface area contributed by atoms with Crippen LogP contribution in [0.3, 0.4) is 0 Å². The number of nitrogens with zero attached hydrogens (tertiary/aromatic N) is 4. The first-order valence-electron chi connectivity index (χ1n) is 8.53. The molecule has 0 spiro atoms. The van der Waals surface area contributed by atoms with Gasteiger partial charge in [0, 0.05) is 29.4 Å². The van der Waals surface area contributed by atoms with E-state index in [1.54, 1.807) is 22.9 Å². The van der Waals surface area contributed by atoms with E-state index in [1.807, 2.05) is 71.7 Å². The molecule has 0 atom stereocenters. The largest absolute Gasteiger partial charge is 0.282 e. The molecule has 0 aliphatic heterocycles. The predicted octanol–water partition coefficient (Wildman–Crippen LogP) is 4.56. The van der Waals surface area contributed by atoms with Crippen molar-refractivity contribution in [3.63, 3.8) is 0 Å². The van der Waals surface area contributed by atoms with E-state index in [0.29, 0.717) is 23.8 Å². The fraction of sp³-hybridized carbons (Fsp3) is 0.150. The van der Waals surface area contributed by atoms with Crippen LogP contribution >= 0.6 is 23.1 Å². The van der Waals surface area contributed by atoms with Crippen LogP contribution in [0.5, 0.6) is 0 Å². The van der Waals surface area contributed by atoms with Crippen LogP contribution in [0.1, 0.15) is 10.4 Å². The van der Waals surface area contributed by atoms with Gasteiger partial charge in [0.15, 0.2) is 5.13 Å². The Kier molecular flexibility index (Phi) is 5.22. The number of thioether (sulfide) groups is 1. The molecule has 1 amide bonds. The molecule has 0 unspecified atom stereocenters. The summed E-state index contributed by atoms with van der Waals surface area (Å²) < 4.78 is 2.90. The van der Waals surface area contributed by atoms with Gasteiger partial charge >= 0.3 is 0 Å². The molecule has 0 saturated carbocycles. The third-order valence-corrected chi connectivity index (χ3v) is 5.97. The van der Waals surface area contributed by atoms with Crippen LogP contribution in [-0.4, -0.2) is 33.5 Å². The van der Waals surface area contributed by atoms with Crippen LogP contribution in [0.2, 0.25) is 0 Å². The summed E-state index contributed by atoms with van der Waals surface area (Å²) >= 11 is 3.16. The lowest BCUT2D eigenvalue weighted by molar-refractivity contribution is 0.0985. The molecule has 136 valence electrons. The number of carbonyl (C=O) groups is 1. The van der Waals surface area contributed by atoms with Gasteiger partial charge in [0.25, 0.3) is 5.91 Å². The topological polar surface area (TPSA) is 51.0 Å². The van der Waals surface area contributed by atoms with Crippen LogP contribution in [0, 0.1) is 0 Å². The summed E-state index contributed by atoms with van der Waals surface area (Å²) in [5, 5.41) is 4.95. The minimum atomic E-state index is -0.0443. The minimum absolute atomic E-state index is 0.0443. The molecular formula is C20H18N4OS2. The lowest BCUT2D eigenvalue weighted by Gasteiger charge is -2.20. The van der Waals surface area contributed by atoms with Crippen molar-refractivity contribution >= 4 is 44.4 Å². The predicted molar refractivity (Wildman–Crippen MR) is 112 cm³/mol. The summed E-state index contributed by atoms with van der Waals surface area (Å²) in [4.78, 5) is 20.8. The smallest absolute Gasteiger partial charge is 0.260 e. The van der Waals surface area contributed by atoms with Gasteiger partial charge in [0.05, 0.1) is 16.8 Å². The van der Waals surface area contributed by atoms with Crippen molar-refractivity contribution in [2.45, 2.75) is 11.4 Å². The maximum absolute atomic E-state index is 13.3. The third kappa shape index (κ3) is 3.89. The van der Waals surface area contributed by atoms with Gasteiger partial charge in [0.1, 0.15) is 0 Å². The Morgan fingerprint density at radius 1 is 1.19 bits per heavy atom. The minimum Gasteiger partial charge on any atom is -0.282 e. The zero-order valence-corrected chi connectivity index (χ0v) is 16.4. The number of carbonyl (C=O) groups excluding carboxylic acids is 1. The molecule has 0 N–H and O–H groups in total. The quantitative estimate of drug-likeness (QED) is 0.450. The van der Waals surface area contributed by atoms with Crippen LogP contribution < -0.4 is 4.90 Å². The van der Waals surface area contributed by atoms with Crippen molar-refractivity contribution in [3.8, 4) is 0 Å². The Bertz CT molecular complexity index is 1030. The Balaban J connectivity index is 1.68. The van der Waals surface area contributed by atoms with E-state index >= 15 is 0 Å². The van der Waals surface area contributed by atoms with Gasteiger partial charge < -0.3 is 0 Å². The van der Waals surface area contributed by atoms with Crippen molar-refractivity contribution in [2.75, 3.05) is 17.7 Å². The lowest BCUT2D eigenvalue weighted by atomic mass is 10.2. The maximum atomic E-state index is 13.3. The molecule has 0 radical (unpaired) electrons. The first-order chi connectivity index (χ1) is 13.2. The van der Waals surface area contributed by atoms with E-state index < -0.39 is 0 Å². The first-order valence-corrected chi connectivity index (χ1v) is 10.6. The van der Waals surface area contributed by atoms with Crippen LogP contribution in [0.25, 0.3) is 10.2 Å². The highest BCUT2D eigenvalue weighted by molar-refractivity contribution is 7.98. The van der Waals surface area contributed by atoms with Gasteiger partial charge in [-0.15, -0.1) is 11.8 Å². The fourth-order valence-electron chi connectivity index (χ4n) is 2.81. The number of para-hydroxylation sites is 1. The van der Waals surface area contributed by atoms with Crippen molar-refractivity contribution in [1.82, 2.24) is 14.8 Å². The highest BCUT2D eigenvalue weighted by atomic mass is 32.2. The molecule has 0 saturated heterocycles. The number of aromatic nitrogens is 3. The molecule has 27 heavy (non-hydrogen) atoms. The van der Waals surface area contributed by atoms with Crippen molar-refractivity contribution in [3.05, 3.63) is 72.6 Å². The number of hydrogen-bond acceptors (Lipinski definition) is 5. The van der Waals surface area contributed by atoms with Crippen LogP contribution in [0.15, 0.2) is 71.9 Å². The fourth-order valence-corrected chi connectivity index (χ4v) is 4.26. The monoisotopic (exact) mass is 394 g/mol. The van der Waals surface area contributed by atoms with Crippen molar-refractivity contribution < 1.29 is 4.79 Å². The zero-order valence-electron chi connectivity index (χ0n) is 14.8. The van der Waals surface area contributed by atoms with E-state index in [2.05, 4.69) is 5.10 Å². The van der Waals surface area contributed by atoms with Crippen molar-refractivity contribution in [1.29, 1.82) is 0 Å². The van der Waals surface area contributed by atoms with Gasteiger partial charge in [-0.05, 0) is 42.7 Å². The number of anilines is 1. The molecule has 7 heteroatoms. The Labute approximate surface area is 165 Å². The van der Waals surface area contributed by atoms with E-state index in [1.165, 1.54) is 11.3 Å². The molecule has 4 rings (SSSR count). The highest BCUT2D eigenvalue weighted by Gasteiger charge is 2.21. The molecule has 2 aromatic carbocycles. The van der Waals surface area contributed by atoms with Crippen molar-refractivity contribution in [2.24, 2.45) is 0 Å². The third-order valence-electron chi connectivity index (χ3n) is 4.19. The summed E-state index contributed by atoms with van der Waals surface area (Å²) in [7, 11) is 0. The van der Waals surface area contributed by atoms with Gasteiger partial charge in [-0.3, -0.25) is 14.4 Å². The summed E-state index contributed by atoms with van der Waals surface area (Å²) in [6, 6.07) is 17.5. The Morgan fingerprint density at radius 2 is 2.07 bits per heavy atom. The van der Waals surface area contributed by atoms with Gasteiger partial charge in [-0.2, -0.15) is 5.10 Å². The zero-order chi connectivity index (χ0) is 18.6. The van der Waals surface area contributed by atoms with E-state index in [0.717, 1.165) is 15.1 Å². The molecule has 5 nitrogen and oxygen atoms in total. The van der Waals surface area contributed by atoms with E-state index in [9.17, 15) is 4.79 Å². The van der Waals surface area contributed by atoms with Gasteiger partial charge in [-0.1, -0.05) is 29.5 Å². The summed E-state index contributed by atoms with van der Waals surface area (Å²) in [5.41, 5.74) is 1.58. The highest BCUT2D eigenvalue weighted by Crippen LogP contribution is 2.30. The number of benzene rings is 2. The molecule has 4 aromatic rings. The molecular weight excluding hydrogens is 376 g/mol. The molecule has 0 aliphatic rings. The van der Waals surface area contributed by atoms with E-state index in [4.69, 9.17) is 4.98 Å². The second kappa shape index (κ2) is 7.94. The summed E-state index contributed by atoms with van der Waals surface area (Å²) in [5.74, 6) is -0.0443. The average molecular weight is 395 g/mol. The summed E-state index contributed by atoms with van der Waals surface area (Å²) in [6.45, 7) is 1.11. The lowest BCUT2D eigenvalue weighted by Crippen LogP contribution is -2.34. The van der Waals surface area contributed by atoms with Crippen LogP contribution in [-0.2, 0) is 6.54 Å². The van der Waals surface area contributed by atoms with Gasteiger partial charge in [-0.25, -0.2) is 4.98 Å². The number of amides is 1. The SMILES string of the molecule is CSc1cccc(C(=O)N(CCn2cccn2)c2nc3ccccc3s2)c1. The molecule has 0 bridgehead atoms. The maximum Gasteiger partial charge on any atom is 0.260 e. The Hall–Kier alpha value is -2.64. The Morgan fingerprint density at radius 3 is 2.85 bits per heavy atom. The standard InChI is InChI=1S/C20H18N4OS2/c1-26-16-7-4-6-15(14-16)19(25)24(13-12-23-11-5-10-21-23)20-22-17-8-2-3-9-18(17)27-20/h2-11,14H,12-13H2,1H3. The van der Waals surface area contributed by atoms with Gasteiger partial charge in [0.2, 0.25) is 0 Å². The first kappa shape index (κ1) is 17.8. The molecule has 0 aliphatic carbocycles. The number of hydrogen-bond donors (Lipinski definition) is 0. The molecule has 0 fully saturated rings. The molecule has 2 aromatic heterocycles. The van der Waals surface area contributed by atoms with Crippen LogP contribution in [0.4, 0.5) is 5.13 Å². The number of fused-ring (bicyclic) bond motifs is 1. The normalized spacial score (nSPS) is 11.0. The average Bonchev–Trinajstić information content (AvgIpc) is 3.37. The molecule has 2 heterocycles. The second-order valence-corrected chi connectivity index (χ2v) is 7.81. The second-order valence-electron chi connectivity index (χ2n) is 5.92.